The summed E-state index contributed by atoms with van der Waals surface area (Å²) in [6.07, 6.45) is 1.58. The maximum absolute atomic E-state index is 12.7. The monoisotopic (exact) mass is 447 g/mol. The first-order valence-electron chi connectivity index (χ1n) is 10.4. The highest BCUT2D eigenvalue weighted by Crippen LogP contribution is 2.20. The van der Waals surface area contributed by atoms with Crippen LogP contribution in [0.1, 0.15) is 12.8 Å². The number of hydrogen-bond acceptors (Lipinski definition) is 6. The van der Waals surface area contributed by atoms with Crippen molar-refractivity contribution in [3.05, 3.63) is 0 Å². The fourth-order valence-corrected chi connectivity index (χ4v) is 6.45. The lowest BCUT2D eigenvalue weighted by molar-refractivity contribution is -0.140. The van der Waals surface area contributed by atoms with Gasteiger partial charge in [-0.05, 0) is 12.8 Å². The molecule has 0 aromatic heterocycles. The molecular formula is C18H33N5O4S2. The normalized spacial score (nSPS) is 23.3. The fraction of sp³-hybridized carbons (Fsp3) is 0.889. The number of amides is 1. The number of rotatable bonds is 5. The Hall–Kier alpha value is -1.04. The van der Waals surface area contributed by atoms with Crippen LogP contribution in [0.3, 0.4) is 0 Å². The number of thioether (sulfide) groups is 1. The number of morpholine rings is 1. The molecule has 11 heteroatoms. The highest BCUT2D eigenvalue weighted by Gasteiger charge is 2.30. The molecule has 0 atom stereocenters. The standard InChI is InChI=1S/C18H33N5O4S2/c1-19-18(20-4-15-29(25,26)23-9-13-28-14-10-23)22-5-2-16(3-6-22)17(24)21-7-11-27-12-8-21/h16H,2-15H2,1H3,(H,19,20). The number of hydrogen-bond donors (Lipinski definition) is 1. The predicted octanol–water partition coefficient (Wildman–Crippen LogP) is -0.489. The average Bonchev–Trinajstić information content (AvgIpc) is 2.77. The second-order valence-electron chi connectivity index (χ2n) is 7.50. The molecule has 9 nitrogen and oxygen atoms in total. The first-order chi connectivity index (χ1) is 14.0. The van der Waals surface area contributed by atoms with Crippen molar-refractivity contribution >= 4 is 33.7 Å². The number of guanidine groups is 1. The first kappa shape index (κ1) is 22.6. The molecule has 0 spiro atoms. The number of carbonyl (C=O) groups excluding carboxylic acids is 1. The Balaban J connectivity index is 1.42. The van der Waals surface area contributed by atoms with E-state index in [0.717, 1.165) is 37.4 Å². The predicted molar refractivity (Wildman–Crippen MR) is 116 cm³/mol. The van der Waals surface area contributed by atoms with E-state index in [1.165, 1.54) is 0 Å². The summed E-state index contributed by atoms with van der Waals surface area (Å²) in [5, 5.41) is 3.19. The van der Waals surface area contributed by atoms with Crippen molar-refractivity contribution in [3.8, 4) is 0 Å². The molecule has 0 aliphatic carbocycles. The molecule has 3 heterocycles. The molecule has 0 unspecified atom stereocenters. The van der Waals surface area contributed by atoms with Crippen LogP contribution in [0.25, 0.3) is 0 Å². The molecule has 1 amide bonds. The van der Waals surface area contributed by atoms with E-state index in [-0.39, 0.29) is 17.6 Å². The molecule has 0 aromatic rings. The number of piperidine rings is 1. The molecule has 3 aliphatic rings. The lowest BCUT2D eigenvalue weighted by Crippen LogP contribution is -2.50. The average molecular weight is 448 g/mol. The zero-order valence-corrected chi connectivity index (χ0v) is 18.8. The van der Waals surface area contributed by atoms with Gasteiger partial charge in [0.05, 0.1) is 19.0 Å². The van der Waals surface area contributed by atoms with Crippen LogP contribution in [0, 0.1) is 5.92 Å². The summed E-state index contributed by atoms with van der Waals surface area (Å²) < 4.78 is 31.9. The molecule has 3 saturated heterocycles. The Kier molecular flexibility index (Phi) is 8.45. The molecule has 0 saturated carbocycles. The Morgan fingerprint density at radius 1 is 1.07 bits per heavy atom. The van der Waals surface area contributed by atoms with Crippen LogP contribution < -0.4 is 5.32 Å². The Labute approximate surface area is 178 Å². The zero-order valence-electron chi connectivity index (χ0n) is 17.2. The van der Waals surface area contributed by atoms with E-state index in [2.05, 4.69) is 15.2 Å². The summed E-state index contributed by atoms with van der Waals surface area (Å²) in [5.41, 5.74) is 0. The van der Waals surface area contributed by atoms with Crippen LogP contribution in [0.5, 0.6) is 0 Å². The van der Waals surface area contributed by atoms with Gasteiger partial charge in [0.25, 0.3) is 0 Å². The molecule has 3 fully saturated rings. The van der Waals surface area contributed by atoms with E-state index in [9.17, 15) is 13.2 Å². The zero-order chi connectivity index (χ0) is 20.7. The van der Waals surface area contributed by atoms with Crippen LogP contribution in [0.15, 0.2) is 4.99 Å². The van der Waals surface area contributed by atoms with Gasteiger partial charge in [-0.15, -0.1) is 0 Å². The van der Waals surface area contributed by atoms with Crippen molar-refractivity contribution in [1.82, 2.24) is 19.4 Å². The van der Waals surface area contributed by atoms with Crippen molar-refractivity contribution in [3.63, 3.8) is 0 Å². The molecule has 1 N–H and O–H groups in total. The number of nitrogens with zero attached hydrogens (tertiary/aromatic N) is 4. The molecule has 0 aromatic carbocycles. The quantitative estimate of drug-likeness (QED) is 0.449. The van der Waals surface area contributed by atoms with Crippen molar-refractivity contribution < 1.29 is 17.9 Å². The number of nitrogens with one attached hydrogen (secondary N) is 1. The number of sulfonamides is 1. The van der Waals surface area contributed by atoms with Crippen LogP contribution in [0.4, 0.5) is 0 Å². The molecule has 3 rings (SSSR count). The van der Waals surface area contributed by atoms with Gasteiger partial charge >= 0.3 is 0 Å². The lowest BCUT2D eigenvalue weighted by atomic mass is 9.95. The fourth-order valence-electron chi connectivity index (χ4n) is 3.96. The number of likely N-dealkylation sites (tertiary alicyclic amines) is 1. The number of ether oxygens (including phenoxy) is 1. The molecule has 3 aliphatic heterocycles. The summed E-state index contributed by atoms with van der Waals surface area (Å²) in [5.74, 6) is 2.81. The lowest BCUT2D eigenvalue weighted by Gasteiger charge is -2.36. The smallest absolute Gasteiger partial charge is 0.225 e. The summed E-state index contributed by atoms with van der Waals surface area (Å²) in [6.45, 7) is 5.66. The van der Waals surface area contributed by atoms with Gasteiger partial charge in [-0.2, -0.15) is 11.8 Å². The van der Waals surface area contributed by atoms with Gasteiger partial charge in [-0.1, -0.05) is 0 Å². The number of aliphatic imine (C=N–C) groups is 1. The summed E-state index contributed by atoms with van der Waals surface area (Å²) in [6, 6.07) is 0. The molecule has 29 heavy (non-hydrogen) atoms. The van der Waals surface area contributed by atoms with E-state index in [1.807, 2.05) is 4.90 Å². The summed E-state index contributed by atoms with van der Waals surface area (Å²) in [7, 11) is -1.51. The second-order valence-corrected chi connectivity index (χ2v) is 10.8. The van der Waals surface area contributed by atoms with E-state index in [4.69, 9.17) is 4.74 Å². The van der Waals surface area contributed by atoms with Crippen molar-refractivity contribution in [2.24, 2.45) is 10.9 Å². The van der Waals surface area contributed by atoms with Crippen LogP contribution in [-0.2, 0) is 19.6 Å². The van der Waals surface area contributed by atoms with E-state index in [0.29, 0.717) is 51.9 Å². The first-order valence-corrected chi connectivity index (χ1v) is 13.2. The van der Waals surface area contributed by atoms with Gasteiger partial charge in [0.1, 0.15) is 0 Å². The third-order valence-electron chi connectivity index (χ3n) is 5.68. The molecule has 0 radical (unpaired) electrons. The van der Waals surface area contributed by atoms with Gasteiger partial charge in [-0.3, -0.25) is 9.79 Å². The third-order valence-corrected chi connectivity index (χ3v) is 8.50. The van der Waals surface area contributed by atoms with E-state index in [1.54, 1.807) is 23.1 Å². The van der Waals surface area contributed by atoms with Gasteiger partial charge in [-0.25, -0.2) is 12.7 Å². The van der Waals surface area contributed by atoms with Crippen LogP contribution >= 0.6 is 11.8 Å². The van der Waals surface area contributed by atoms with Gasteiger partial charge in [0, 0.05) is 70.3 Å². The minimum Gasteiger partial charge on any atom is -0.378 e. The molecular weight excluding hydrogens is 414 g/mol. The topological polar surface area (TPSA) is 94.6 Å². The minimum atomic E-state index is -3.23. The molecule has 166 valence electrons. The van der Waals surface area contributed by atoms with E-state index < -0.39 is 10.0 Å². The summed E-state index contributed by atoms with van der Waals surface area (Å²) in [4.78, 5) is 21.0. The second kappa shape index (κ2) is 10.8. The van der Waals surface area contributed by atoms with E-state index >= 15 is 0 Å². The SMILES string of the molecule is CN=C(NCCS(=O)(=O)N1CCSCC1)N1CCC(C(=O)N2CCOCC2)CC1. The largest absolute Gasteiger partial charge is 0.378 e. The van der Waals surface area contributed by atoms with Crippen LogP contribution in [-0.4, -0.2) is 118 Å². The summed E-state index contributed by atoms with van der Waals surface area (Å²) >= 11 is 1.80. The highest BCUT2D eigenvalue weighted by atomic mass is 32.2. The maximum Gasteiger partial charge on any atom is 0.225 e. The number of carbonyl (C=O) groups is 1. The Morgan fingerprint density at radius 2 is 1.72 bits per heavy atom. The Morgan fingerprint density at radius 3 is 2.34 bits per heavy atom. The maximum atomic E-state index is 12.7. The van der Waals surface area contributed by atoms with Crippen molar-refractivity contribution in [2.75, 3.05) is 83.3 Å². The third kappa shape index (κ3) is 6.22. The minimum absolute atomic E-state index is 0.0554. The molecule has 0 bridgehead atoms. The Bertz CT molecular complexity index is 668. The van der Waals surface area contributed by atoms with Crippen molar-refractivity contribution in [2.45, 2.75) is 12.8 Å². The van der Waals surface area contributed by atoms with Crippen molar-refractivity contribution in [1.29, 1.82) is 0 Å². The van der Waals surface area contributed by atoms with Gasteiger partial charge in [0.2, 0.25) is 15.9 Å². The van der Waals surface area contributed by atoms with Gasteiger partial charge < -0.3 is 19.9 Å². The van der Waals surface area contributed by atoms with Crippen LogP contribution in [0.2, 0.25) is 0 Å². The van der Waals surface area contributed by atoms with Gasteiger partial charge in [0.15, 0.2) is 5.96 Å². The highest BCUT2D eigenvalue weighted by molar-refractivity contribution is 7.99.